The van der Waals surface area contributed by atoms with Crippen molar-refractivity contribution in [3.63, 3.8) is 0 Å². The van der Waals surface area contributed by atoms with Gasteiger partial charge in [-0.15, -0.1) is 0 Å². The SMILES string of the molecule is CN1CCN(C(=O)C2CC3(CO2)CN(C(=O)N(C)C)c2ccccc23)CC1. The maximum Gasteiger partial charge on any atom is 0.323 e. The molecule has 0 aliphatic carbocycles. The number of hydrogen-bond acceptors (Lipinski definition) is 4. The number of rotatable bonds is 1. The third kappa shape index (κ3) is 3.08. The standard InChI is InChI=1S/C20H28N4O3/c1-21(2)19(26)24-13-20(15-6-4-5-7-16(15)24)12-17(27-14-20)18(25)23-10-8-22(3)9-11-23/h4-7,17H,8-14H2,1-3H3. The van der Waals surface area contributed by atoms with Crippen LogP contribution in [0.5, 0.6) is 0 Å². The van der Waals surface area contributed by atoms with Gasteiger partial charge in [0.2, 0.25) is 0 Å². The Morgan fingerprint density at radius 3 is 2.56 bits per heavy atom. The average Bonchev–Trinajstić information content (AvgIpc) is 3.24. The summed E-state index contributed by atoms with van der Waals surface area (Å²) < 4.78 is 6.02. The van der Waals surface area contributed by atoms with E-state index >= 15 is 0 Å². The number of benzene rings is 1. The zero-order chi connectivity index (χ0) is 19.2. The Hall–Kier alpha value is -2.12. The van der Waals surface area contributed by atoms with Crippen LogP contribution in [0.2, 0.25) is 0 Å². The zero-order valence-electron chi connectivity index (χ0n) is 16.4. The Labute approximate surface area is 160 Å². The second kappa shape index (κ2) is 6.80. The van der Waals surface area contributed by atoms with Gasteiger partial charge in [0.25, 0.3) is 5.91 Å². The zero-order valence-corrected chi connectivity index (χ0v) is 16.4. The number of para-hydroxylation sites is 1. The van der Waals surface area contributed by atoms with Crippen LogP contribution in [0.4, 0.5) is 10.5 Å². The topological polar surface area (TPSA) is 56.3 Å². The van der Waals surface area contributed by atoms with Crippen molar-refractivity contribution in [2.45, 2.75) is 17.9 Å². The number of anilines is 1. The number of carbonyl (C=O) groups excluding carboxylic acids is 2. The van der Waals surface area contributed by atoms with E-state index in [4.69, 9.17) is 4.74 Å². The number of amides is 3. The number of hydrogen-bond donors (Lipinski definition) is 0. The van der Waals surface area contributed by atoms with Gasteiger partial charge in [-0.3, -0.25) is 9.69 Å². The number of fused-ring (bicyclic) bond motifs is 2. The van der Waals surface area contributed by atoms with Crippen LogP contribution in [0.3, 0.4) is 0 Å². The Morgan fingerprint density at radius 2 is 1.85 bits per heavy atom. The van der Waals surface area contributed by atoms with Crippen LogP contribution in [0.1, 0.15) is 12.0 Å². The van der Waals surface area contributed by atoms with E-state index in [-0.39, 0.29) is 17.4 Å². The molecule has 4 rings (SSSR count). The van der Waals surface area contributed by atoms with Crippen LogP contribution < -0.4 is 4.90 Å². The summed E-state index contributed by atoms with van der Waals surface area (Å²) in [6.45, 7) is 4.35. The molecule has 2 fully saturated rings. The van der Waals surface area contributed by atoms with Crippen molar-refractivity contribution < 1.29 is 14.3 Å². The van der Waals surface area contributed by atoms with Crippen molar-refractivity contribution in [1.29, 1.82) is 0 Å². The van der Waals surface area contributed by atoms with Gasteiger partial charge in [-0.25, -0.2) is 4.79 Å². The van der Waals surface area contributed by atoms with Gasteiger partial charge in [0.05, 0.1) is 6.61 Å². The third-order valence-corrected chi connectivity index (χ3v) is 6.07. The highest BCUT2D eigenvalue weighted by Crippen LogP contribution is 2.47. The molecule has 27 heavy (non-hydrogen) atoms. The summed E-state index contributed by atoms with van der Waals surface area (Å²) >= 11 is 0. The summed E-state index contributed by atoms with van der Waals surface area (Å²) in [5, 5.41) is 0. The van der Waals surface area contributed by atoms with Crippen LogP contribution in [0, 0.1) is 0 Å². The van der Waals surface area contributed by atoms with Crippen LogP contribution in [0.25, 0.3) is 0 Å². The van der Waals surface area contributed by atoms with E-state index < -0.39 is 6.10 Å². The Balaban J connectivity index is 1.54. The van der Waals surface area contributed by atoms with Crippen molar-refractivity contribution in [3.8, 4) is 0 Å². The quantitative estimate of drug-likeness (QED) is 0.738. The van der Waals surface area contributed by atoms with Gasteiger partial charge in [-0.2, -0.15) is 0 Å². The third-order valence-electron chi connectivity index (χ3n) is 6.07. The number of piperazine rings is 1. The highest BCUT2D eigenvalue weighted by atomic mass is 16.5. The highest BCUT2D eigenvalue weighted by Gasteiger charge is 2.52. The summed E-state index contributed by atoms with van der Waals surface area (Å²) in [5.74, 6) is 0.0924. The Kier molecular flexibility index (Phi) is 4.60. The molecule has 1 aromatic carbocycles. The van der Waals surface area contributed by atoms with Crippen molar-refractivity contribution in [1.82, 2.24) is 14.7 Å². The van der Waals surface area contributed by atoms with E-state index in [1.165, 1.54) is 0 Å². The Bertz CT molecular complexity index is 744. The van der Waals surface area contributed by atoms with Crippen molar-refractivity contribution in [2.75, 3.05) is 65.4 Å². The molecule has 2 saturated heterocycles. The fraction of sp³-hybridized carbons (Fsp3) is 0.600. The van der Waals surface area contributed by atoms with E-state index in [9.17, 15) is 9.59 Å². The maximum absolute atomic E-state index is 13.0. The molecule has 0 aromatic heterocycles. The molecule has 3 heterocycles. The number of urea groups is 1. The van der Waals surface area contributed by atoms with E-state index in [1.807, 2.05) is 28.0 Å². The fourth-order valence-electron chi connectivity index (χ4n) is 4.46. The minimum Gasteiger partial charge on any atom is -0.367 e. The molecule has 0 saturated carbocycles. The monoisotopic (exact) mass is 372 g/mol. The average molecular weight is 372 g/mol. The molecular formula is C20H28N4O3. The molecule has 7 heteroatoms. The van der Waals surface area contributed by atoms with Crippen molar-refractivity contribution >= 4 is 17.6 Å². The predicted octanol–water partition coefficient (Wildman–Crippen LogP) is 0.989. The number of carbonyl (C=O) groups is 2. The lowest BCUT2D eigenvalue weighted by atomic mass is 9.80. The molecule has 3 aliphatic heterocycles. The first-order chi connectivity index (χ1) is 12.9. The fourth-order valence-corrected chi connectivity index (χ4v) is 4.46. The van der Waals surface area contributed by atoms with Crippen molar-refractivity contribution in [2.24, 2.45) is 0 Å². The summed E-state index contributed by atoms with van der Waals surface area (Å²) in [7, 11) is 5.61. The van der Waals surface area contributed by atoms with E-state index in [1.54, 1.807) is 19.0 Å². The highest BCUT2D eigenvalue weighted by molar-refractivity contribution is 5.95. The van der Waals surface area contributed by atoms with Crippen LogP contribution >= 0.6 is 0 Å². The van der Waals surface area contributed by atoms with Gasteiger partial charge < -0.3 is 19.4 Å². The van der Waals surface area contributed by atoms with Crippen molar-refractivity contribution in [3.05, 3.63) is 29.8 Å². The van der Waals surface area contributed by atoms with Gasteiger partial charge >= 0.3 is 6.03 Å². The summed E-state index contributed by atoms with van der Waals surface area (Å²) in [6, 6.07) is 7.98. The first-order valence-electron chi connectivity index (χ1n) is 9.58. The molecular weight excluding hydrogens is 344 g/mol. The molecule has 1 spiro atoms. The van der Waals surface area contributed by atoms with Gasteiger partial charge in [-0.1, -0.05) is 18.2 Å². The molecule has 0 bridgehead atoms. The number of likely N-dealkylation sites (N-methyl/N-ethyl adjacent to an activating group) is 1. The summed E-state index contributed by atoms with van der Waals surface area (Å²) in [5.41, 5.74) is 1.76. The molecule has 1 aromatic rings. The van der Waals surface area contributed by atoms with Crippen LogP contribution in [-0.2, 0) is 14.9 Å². The van der Waals surface area contributed by atoms with E-state index in [0.29, 0.717) is 19.6 Å². The normalized spacial score (nSPS) is 27.9. The first-order valence-corrected chi connectivity index (χ1v) is 9.58. The lowest BCUT2D eigenvalue weighted by Gasteiger charge is -2.33. The Morgan fingerprint density at radius 1 is 1.15 bits per heavy atom. The van der Waals surface area contributed by atoms with Crippen LogP contribution in [0.15, 0.2) is 24.3 Å². The lowest BCUT2D eigenvalue weighted by molar-refractivity contribution is -0.142. The molecule has 2 unspecified atom stereocenters. The minimum atomic E-state index is -0.420. The largest absolute Gasteiger partial charge is 0.367 e. The molecule has 2 atom stereocenters. The van der Waals surface area contributed by atoms with Gasteiger partial charge in [-0.05, 0) is 25.1 Å². The molecule has 3 amide bonds. The summed E-state index contributed by atoms with van der Waals surface area (Å²) in [4.78, 5) is 33.2. The van der Waals surface area contributed by atoms with Gasteiger partial charge in [0, 0.05) is 57.9 Å². The second-order valence-electron chi connectivity index (χ2n) is 8.19. The minimum absolute atomic E-state index is 0.0341. The van der Waals surface area contributed by atoms with Gasteiger partial charge in [0.15, 0.2) is 0 Å². The summed E-state index contributed by atoms with van der Waals surface area (Å²) in [6.07, 6.45) is 0.211. The predicted molar refractivity (Wildman–Crippen MR) is 103 cm³/mol. The molecule has 0 radical (unpaired) electrons. The molecule has 0 N–H and O–H groups in total. The molecule has 146 valence electrons. The number of ether oxygens (including phenoxy) is 1. The first kappa shape index (κ1) is 18.3. The second-order valence-corrected chi connectivity index (χ2v) is 8.19. The number of nitrogens with zero attached hydrogens (tertiary/aromatic N) is 4. The maximum atomic E-state index is 13.0. The molecule has 3 aliphatic rings. The molecule has 7 nitrogen and oxygen atoms in total. The van der Waals surface area contributed by atoms with E-state index in [2.05, 4.69) is 18.0 Å². The lowest BCUT2D eigenvalue weighted by Crippen LogP contribution is -2.50. The van der Waals surface area contributed by atoms with Crippen LogP contribution in [-0.4, -0.2) is 93.2 Å². The smallest absolute Gasteiger partial charge is 0.323 e. The van der Waals surface area contributed by atoms with Gasteiger partial charge in [0.1, 0.15) is 6.10 Å². The van der Waals surface area contributed by atoms with E-state index in [0.717, 1.165) is 37.4 Å².